The van der Waals surface area contributed by atoms with Crippen molar-refractivity contribution in [3.63, 3.8) is 0 Å². The third kappa shape index (κ3) is 5.63. The van der Waals surface area contributed by atoms with Crippen molar-refractivity contribution in [2.45, 2.75) is 13.0 Å². The van der Waals surface area contributed by atoms with E-state index in [9.17, 15) is 13.2 Å². The van der Waals surface area contributed by atoms with E-state index in [2.05, 4.69) is 10.5 Å². The maximum Gasteiger partial charge on any atom is 0.263 e. The zero-order chi connectivity index (χ0) is 22.3. The first kappa shape index (κ1) is 23.0. The lowest BCUT2D eigenvalue weighted by Gasteiger charge is -2.27. The van der Waals surface area contributed by atoms with E-state index in [0.29, 0.717) is 28.5 Å². The number of benzene rings is 2. The highest BCUT2D eigenvalue weighted by molar-refractivity contribution is 7.92. The fourth-order valence-corrected chi connectivity index (χ4v) is 3.91. The predicted octanol–water partition coefficient (Wildman–Crippen LogP) is 2.02. The van der Waals surface area contributed by atoms with E-state index in [-0.39, 0.29) is 0 Å². The number of amides is 1. The summed E-state index contributed by atoms with van der Waals surface area (Å²) in [5.41, 5.74) is 3.28. The Hall–Kier alpha value is -3.27. The number of hydrogen-bond acceptors (Lipinski definition) is 7. The van der Waals surface area contributed by atoms with E-state index in [1.165, 1.54) is 34.5 Å². The standard InChI is InChI=1S/C20H25N3O6S/c1-14(23(30(5,25)26)16-6-8-17(27-2)9-7-16)20(24)22-21-13-15-12-18(28-3)10-11-19(15)29-4/h6-14H,1-5H3,(H,22,24)/b21-13-/t14-/m0/s1. The van der Waals surface area contributed by atoms with Crippen LogP contribution in [0.2, 0.25) is 0 Å². The van der Waals surface area contributed by atoms with Crippen molar-refractivity contribution in [3.8, 4) is 17.2 Å². The van der Waals surface area contributed by atoms with Gasteiger partial charge >= 0.3 is 0 Å². The molecule has 30 heavy (non-hydrogen) atoms. The molecule has 0 aliphatic rings. The summed E-state index contributed by atoms with van der Waals surface area (Å²) in [7, 11) is 0.819. The molecule has 0 spiro atoms. The number of ether oxygens (including phenoxy) is 3. The van der Waals surface area contributed by atoms with Gasteiger partial charge in [-0.05, 0) is 49.4 Å². The Kier molecular flexibility index (Phi) is 7.65. The molecule has 162 valence electrons. The molecule has 2 aromatic rings. The number of sulfonamides is 1. The van der Waals surface area contributed by atoms with Gasteiger partial charge in [0.15, 0.2) is 0 Å². The highest BCUT2D eigenvalue weighted by Gasteiger charge is 2.29. The molecule has 0 fully saturated rings. The maximum atomic E-state index is 12.6. The molecule has 0 aromatic heterocycles. The summed E-state index contributed by atoms with van der Waals surface area (Å²) in [5.74, 6) is 1.10. The molecular weight excluding hydrogens is 410 g/mol. The van der Waals surface area contributed by atoms with Crippen LogP contribution >= 0.6 is 0 Å². The smallest absolute Gasteiger partial charge is 0.263 e. The van der Waals surface area contributed by atoms with Gasteiger partial charge in [-0.25, -0.2) is 13.8 Å². The fourth-order valence-electron chi connectivity index (χ4n) is 2.74. The van der Waals surface area contributed by atoms with E-state index in [1.807, 2.05) is 0 Å². The molecule has 0 aliphatic carbocycles. The highest BCUT2D eigenvalue weighted by Crippen LogP contribution is 2.24. The molecule has 0 aliphatic heterocycles. The van der Waals surface area contributed by atoms with Crippen molar-refractivity contribution in [3.05, 3.63) is 48.0 Å². The van der Waals surface area contributed by atoms with Crippen molar-refractivity contribution in [2.24, 2.45) is 5.10 Å². The minimum Gasteiger partial charge on any atom is -0.497 e. The number of hydrazone groups is 1. The second-order valence-electron chi connectivity index (χ2n) is 6.27. The topological polar surface area (TPSA) is 107 Å². The summed E-state index contributed by atoms with van der Waals surface area (Å²) in [5, 5.41) is 3.93. The summed E-state index contributed by atoms with van der Waals surface area (Å²) in [6.45, 7) is 1.47. The van der Waals surface area contributed by atoms with Crippen LogP contribution in [0.4, 0.5) is 5.69 Å². The fraction of sp³-hybridized carbons (Fsp3) is 0.300. The molecule has 1 atom stereocenters. The van der Waals surface area contributed by atoms with Gasteiger partial charge in [-0.2, -0.15) is 5.10 Å². The normalized spacial score (nSPS) is 12.3. The quantitative estimate of drug-likeness (QED) is 0.477. The van der Waals surface area contributed by atoms with Crippen molar-refractivity contribution >= 4 is 27.8 Å². The monoisotopic (exact) mass is 435 g/mol. The van der Waals surface area contributed by atoms with E-state index in [4.69, 9.17) is 14.2 Å². The maximum absolute atomic E-state index is 12.6. The van der Waals surface area contributed by atoms with Gasteiger partial charge in [0, 0.05) is 5.56 Å². The van der Waals surface area contributed by atoms with Crippen LogP contribution in [-0.4, -0.2) is 54.2 Å². The van der Waals surface area contributed by atoms with Gasteiger partial charge in [-0.1, -0.05) is 0 Å². The van der Waals surface area contributed by atoms with Gasteiger partial charge in [-0.3, -0.25) is 9.10 Å². The van der Waals surface area contributed by atoms with E-state index >= 15 is 0 Å². The number of rotatable bonds is 9. The molecule has 0 saturated heterocycles. The summed E-state index contributed by atoms with van der Waals surface area (Å²) >= 11 is 0. The molecule has 0 unspecified atom stereocenters. The second-order valence-corrected chi connectivity index (χ2v) is 8.13. The second kappa shape index (κ2) is 9.97. The van der Waals surface area contributed by atoms with Crippen LogP contribution in [0.5, 0.6) is 17.2 Å². The van der Waals surface area contributed by atoms with Gasteiger partial charge < -0.3 is 14.2 Å². The average Bonchev–Trinajstić information content (AvgIpc) is 2.73. The largest absolute Gasteiger partial charge is 0.497 e. The summed E-state index contributed by atoms with van der Waals surface area (Å²) in [6, 6.07) is 10.4. The number of nitrogens with one attached hydrogen (secondary N) is 1. The van der Waals surface area contributed by atoms with Gasteiger partial charge in [0.25, 0.3) is 5.91 Å². The van der Waals surface area contributed by atoms with E-state index in [0.717, 1.165) is 10.6 Å². The summed E-state index contributed by atoms with van der Waals surface area (Å²) in [4.78, 5) is 12.6. The van der Waals surface area contributed by atoms with Crippen LogP contribution in [0, 0.1) is 0 Å². The lowest BCUT2D eigenvalue weighted by atomic mass is 10.2. The predicted molar refractivity (Wildman–Crippen MR) is 115 cm³/mol. The van der Waals surface area contributed by atoms with E-state index < -0.39 is 22.0 Å². The first-order valence-electron chi connectivity index (χ1n) is 8.89. The van der Waals surface area contributed by atoms with Crippen LogP contribution in [0.25, 0.3) is 0 Å². The Labute approximate surface area is 176 Å². The van der Waals surface area contributed by atoms with Gasteiger partial charge in [0.05, 0.1) is 39.5 Å². The number of nitrogens with zero attached hydrogens (tertiary/aromatic N) is 2. The van der Waals surface area contributed by atoms with Crippen LogP contribution < -0.4 is 23.9 Å². The van der Waals surface area contributed by atoms with Gasteiger partial charge in [-0.15, -0.1) is 0 Å². The number of carbonyl (C=O) groups is 1. The SMILES string of the molecule is COc1ccc(N([C@@H](C)C(=O)N/N=C\c2cc(OC)ccc2OC)S(C)(=O)=O)cc1. The number of carbonyl (C=O) groups excluding carboxylic acids is 1. The Morgan fingerprint density at radius 3 is 2.17 bits per heavy atom. The molecule has 0 radical (unpaired) electrons. The van der Waals surface area contributed by atoms with Crippen LogP contribution in [0.15, 0.2) is 47.6 Å². The molecule has 2 aromatic carbocycles. The third-order valence-electron chi connectivity index (χ3n) is 4.23. The summed E-state index contributed by atoms with van der Waals surface area (Å²) < 4.78 is 41.2. The average molecular weight is 436 g/mol. The zero-order valence-electron chi connectivity index (χ0n) is 17.4. The number of methoxy groups -OCH3 is 3. The zero-order valence-corrected chi connectivity index (χ0v) is 18.3. The lowest BCUT2D eigenvalue weighted by Crippen LogP contribution is -2.46. The van der Waals surface area contributed by atoms with Crippen molar-refractivity contribution in [1.82, 2.24) is 5.43 Å². The molecule has 0 bridgehead atoms. The van der Waals surface area contributed by atoms with Gasteiger partial charge in [0.2, 0.25) is 10.0 Å². The molecule has 1 N–H and O–H groups in total. The highest BCUT2D eigenvalue weighted by atomic mass is 32.2. The van der Waals surface area contributed by atoms with Crippen LogP contribution in [0.1, 0.15) is 12.5 Å². The first-order valence-corrected chi connectivity index (χ1v) is 10.7. The molecule has 0 saturated carbocycles. The van der Waals surface area contributed by atoms with Crippen molar-refractivity contribution in [1.29, 1.82) is 0 Å². The molecular formula is C20H25N3O6S. The van der Waals surface area contributed by atoms with Gasteiger partial charge in [0.1, 0.15) is 23.3 Å². The number of hydrogen-bond donors (Lipinski definition) is 1. The van der Waals surface area contributed by atoms with Crippen molar-refractivity contribution < 1.29 is 27.4 Å². The number of anilines is 1. The Morgan fingerprint density at radius 2 is 1.63 bits per heavy atom. The minimum atomic E-state index is -3.74. The molecule has 2 rings (SSSR count). The van der Waals surface area contributed by atoms with Crippen molar-refractivity contribution in [2.75, 3.05) is 31.9 Å². The first-order chi connectivity index (χ1) is 14.2. The van der Waals surface area contributed by atoms with E-state index in [1.54, 1.807) is 42.5 Å². The third-order valence-corrected chi connectivity index (χ3v) is 5.47. The lowest BCUT2D eigenvalue weighted by molar-refractivity contribution is -0.121. The Bertz CT molecular complexity index is 1010. The van der Waals surface area contributed by atoms with Crippen LogP contribution in [0.3, 0.4) is 0 Å². The summed E-state index contributed by atoms with van der Waals surface area (Å²) in [6.07, 6.45) is 2.43. The minimum absolute atomic E-state index is 0.333. The Balaban J connectivity index is 2.20. The molecule has 0 heterocycles. The Morgan fingerprint density at radius 1 is 1.03 bits per heavy atom. The molecule has 9 nitrogen and oxygen atoms in total. The molecule has 10 heteroatoms. The molecule has 1 amide bonds. The van der Waals surface area contributed by atoms with Crippen LogP contribution in [-0.2, 0) is 14.8 Å².